The van der Waals surface area contributed by atoms with Gasteiger partial charge in [0, 0.05) is 25.2 Å². The molecule has 22 heavy (non-hydrogen) atoms. The largest absolute Gasteiger partial charge is 0.474 e. The van der Waals surface area contributed by atoms with Gasteiger partial charge in [0.1, 0.15) is 0 Å². The number of amides is 1. The number of carbonyl (C=O) groups is 2. The van der Waals surface area contributed by atoms with Gasteiger partial charge in [-0.2, -0.15) is 5.10 Å². The minimum absolute atomic E-state index is 0.176. The Bertz CT molecular complexity index is 737. The van der Waals surface area contributed by atoms with Crippen molar-refractivity contribution in [2.75, 3.05) is 6.54 Å². The lowest BCUT2D eigenvalue weighted by Gasteiger charge is -2.38. The normalized spacial score (nSPS) is 22.0. The van der Waals surface area contributed by atoms with Crippen LogP contribution in [0.3, 0.4) is 0 Å². The van der Waals surface area contributed by atoms with Gasteiger partial charge in [0.15, 0.2) is 0 Å². The molecule has 2 heterocycles. The van der Waals surface area contributed by atoms with E-state index in [0.717, 1.165) is 29.3 Å². The number of likely N-dealkylation sites (tertiary alicyclic amines) is 1. The van der Waals surface area contributed by atoms with Crippen molar-refractivity contribution in [2.45, 2.75) is 25.8 Å². The molecule has 1 amide bonds. The quantitative estimate of drug-likeness (QED) is 0.817. The lowest BCUT2D eigenvalue weighted by molar-refractivity contribution is -0.158. The van der Waals surface area contributed by atoms with Gasteiger partial charge < -0.3 is 10.0 Å². The molecule has 6 nitrogen and oxygen atoms in total. The van der Waals surface area contributed by atoms with E-state index in [-0.39, 0.29) is 6.04 Å². The number of rotatable bonds is 1. The molecule has 116 valence electrons. The predicted molar refractivity (Wildman–Crippen MR) is 81.2 cm³/mol. The van der Waals surface area contributed by atoms with Crippen molar-refractivity contribution in [2.24, 2.45) is 13.0 Å². The summed E-state index contributed by atoms with van der Waals surface area (Å²) >= 11 is 0. The highest BCUT2D eigenvalue weighted by Crippen LogP contribution is 2.34. The molecule has 3 rings (SSSR count). The number of carbonyl (C=O) groups excluding carboxylic acids is 1. The van der Waals surface area contributed by atoms with Gasteiger partial charge in [0.2, 0.25) is 0 Å². The second kappa shape index (κ2) is 5.44. The van der Waals surface area contributed by atoms with Gasteiger partial charge in [-0.05, 0) is 36.5 Å². The number of carboxylic acids is 1. The van der Waals surface area contributed by atoms with E-state index < -0.39 is 11.9 Å². The molecule has 1 N–H and O–H groups in total. The van der Waals surface area contributed by atoms with Crippen LogP contribution in [0.15, 0.2) is 24.4 Å². The molecule has 0 radical (unpaired) electrons. The maximum Gasteiger partial charge on any atom is 0.394 e. The van der Waals surface area contributed by atoms with Gasteiger partial charge in [-0.3, -0.25) is 9.48 Å². The minimum Gasteiger partial charge on any atom is -0.474 e. The number of aryl methyl sites for hydroxylation is 1. The summed E-state index contributed by atoms with van der Waals surface area (Å²) in [4.78, 5) is 24.6. The highest BCUT2D eigenvalue weighted by molar-refractivity contribution is 6.31. The van der Waals surface area contributed by atoms with E-state index in [1.807, 2.05) is 38.4 Å². The topological polar surface area (TPSA) is 75.4 Å². The van der Waals surface area contributed by atoms with Crippen LogP contribution in [0, 0.1) is 5.92 Å². The van der Waals surface area contributed by atoms with E-state index >= 15 is 0 Å². The van der Waals surface area contributed by atoms with Crippen molar-refractivity contribution in [3.05, 3.63) is 30.0 Å². The second-order valence-electron chi connectivity index (χ2n) is 6.08. The zero-order valence-electron chi connectivity index (χ0n) is 12.7. The Morgan fingerprint density at radius 3 is 2.82 bits per heavy atom. The third kappa shape index (κ3) is 2.56. The Hall–Kier alpha value is -2.37. The summed E-state index contributed by atoms with van der Waals surface area (Å²) in [5.74, 6) is -1.88. The maximum absolute atomic E-state index is 12.0. The molecule has 1 aliphatic rings. The number of hydrogen-bond acceptors (Lipinski definition) is 3. The molecule has 0 spiro atoms. The Morgan fingerprint density at radius 1 is 1.32 bits per heavy atom. The second-order valence-corrected chi connectivity index (χ2v) is 6.08. The average molecular weight is 301 g/mol. The first-order valence-electron chi connectivity index (χ1n) is 7.43. The Balaban J connectivity index is 1.97. The zero-order chi connectivity index (χ0) is 15.9. The zero-order valence-corrected chi connectivity index (χ0v) is 12.7. The number of aromatic nitrogens is 2. The maximum atomic E-state index is 12.0. The van der Waals surface area contributed by atoms with E-state index in [1.165, 1.54) is 4.90 Å². The SMILES string of the molecule is CC1CCC(c2ccc3nn(C)cc3c2)N(C(=O)C(=O)O)C1. The van der Waals surface area contributed by atoms with Gasteiger partial charge in [-0.15, -0.1) is 0 Å². The first-order chi connectivity index (χ1) is 10.5. The van der Waals surface area contributed by atoms with E-state index in [2.05, 4.69) is 5.10 Å². The number of benzene rings is 1. The van der Waals surface area contributed by atoms with Crippen LogP contribution in [0.25, 0.3) is 10.9 Å². The summed E-state index contributed by atoms with van der Waals surface area (Å²) in [6, 6.07) is 5.69. The molecule has 1 fully saturated rings. The van der Waals surface area contributed by atoms with Gasteiger partial charge >= 0.3 is 11.9 Å². The number of piperidine rings is 1. The van der Waals surface area contributed by atoms with Crippen LogP contribution in [0.1, 0.15) is 31.4 Å². The molecule has 0 bridgehead atoms. The van der Waals surface area contributed by atoms with Crippen molar-refractivity contribution in [1.29, 1.82) is 0 Å². The van der Waals surface area contributed by atoms with Crippen LogP contribution in [-0.2, 0) is 16.6 Å². The summed E-state index contributed by atoms with van der Waals surface area (Å²) in [7, 11) is 1.86. The van der Waals surface area contributed by atoms with Crippen molar-refractivity contribution in [1.82, 2.24) is 14.7 Å². The van der Waals surface area contributed by atoms with Crippen molar-refractivity contribution >= 4 is 22.8 Å². The van der Waals surface area contributed by atoms with Gasteiger partial charge in [0.25, 0.3) is 0 Å². The highest BCUT2D eigenvalue weighted by atomic mass is 16.4. The molecule has 6 heteroatoms. The molecule has 0 aliphatic carbocycles. The molecule has 1 saturated heterocycles. The number of hydrogen-bond donors (Lipinski definition) is 1. The number of fused-ring (bicyclic) bond motifs is 1. The summed E-state index contributed by atoms with van der Waals surface area (Å²) < 4.78 is 1.75. The Labute approximate surface area is 128 Å². The van der Waals surface area contributed by atoms with Crippen LogP contribution in [0.4, 0.5) is 0 Å². The van der Waals surface area contributed by atoms with Crippen LogP contribution in [0.5, 0.6) is 0 Å². The fourth-order valence-electron chi connectivity index (χ4n) is 3.22. The van der Waals surface area contributed by atoms with E-state index in [9.17, 15) is 9.59 Å². The average Bonchev–Trinajstić information content (AvgIpc) is 2.85. The number of nitrogens with zero attached hydrogens (tertiary/aromatic N) is 3. The molecule has 1 aliphatic heterocycles. The van der Waals surface area contributed by atoms with Crippen molar-refractivity contribution < 1.29 is 14.7 Å². The highest BCUT2D eigenvalue weighted by Gasteiger charge is 2.34. The Morgan fingerprint density at radius 2 is 2.09 bits per heavy atom. The summed E-state index contributed by atoms with van der Waals surface area (Å²) in [6.07, 6.45) is 3.69. The molecule has 2 atom stereocenters. The fourth-order valence-corrected chi connectivity index (χ4v) is 3.22. The van der Waals surface area contributed by atoms with Crippen LogP contribution in [0.2, 0.25) is 0 Å². The van der Waals surface area contributed by atoms with Gasteiger partial charge in [0.05, 0.1) is 11.6 Å². The molecular weight excluding hydrogens is 282 g/mol. The van der Waals surface area contributed by atoms with Gasteiger partial charge in [-0.1, -0.05) is 13.0 Å². The van der Waals surface area contributed by atoms with E-state index in [0.29, 0.717) is 12.5 Å². The van der Waals surface area contributed by atoms with E-state index in [4.69, 9.17) is 5.11 Å². The minimum atomic E-state index is -1.39. The number of aliphatic carboxylic acids is 1. The lowest BCUT2D eigenvalue weighted by Crippen LogP contribution is -2.44. The lowest BCUT2D eigenvalue weighted by atomic mass is 9.89. The van der Waals surface area contributed by atoms with Gasteiger partial charge in [-0.25, -0.2) is 4.79 Å². The molecule has 1 aromatic heterocycles. The summed E-state index contributed by atoms with van der Waals surface area (Å²) in [6.45, 7) is 2.53. The van der Waals surface area contributed by atoms with E-state index in [1.54, 1.807) is 4.68 Å². The first-order valence-corrected chi connectivity index (χ1v) is 7.43. The van der Waals surface area contributed by atoms with Crippen molar-refractivity contribution in [3.63, 3.8) is 0 Å². The van der Waals surface area contributed by atoms with Crippen LogP contribution >= 0.6 is 0 Å². The van der Waals surface area contributed by atoms with Crippen LogP contribution in [-0.4, -0.2) is 38.2 Å². The fraction of sp³-hybridized carbons (Fsp3) is 0.438. The molecule has 0 saturated carbocycles. The third-order valence-corrected chi connectivity index (χ3v) is 4.29. The molecule has 2 aromatic rings. The first kappa shape index (κ1) is 14.6. The third-order valence-electron chi connectivity index (χ3n) is 4.29. The monoisotopic (exact) mass is 301 g/mol. The van der Waals surface area contributed by atoms with Crippen molar-refractivity contribution in [3.8, 4) is 0 Å². The standard InChI is InChI=1S/C16H19N3O3/c1-10-3-6-14(19(8-10)15(20)16(21)22)11-4-5-13-12(7-11)9-18(2)17-13/h4-5,7,9-10,14H,3,6,8H2,1-2H3,(H,21,22). The summed E-state index contributed by atoms with van der Waals surface area (Å²) in [5.41, 5.74) is 1.87. The molecule has 2 unspecified atom stereocenters. The van der Waals surface area contributed by atoms with Crippen LogP contribution < -0.4 is 0 Å². The smallest absolute Gasteiger partial charge is 0.394 e. The number of carboxylic acid groups (broad SMARTS) is 1. The molecular formula is C16H19N3O3. The molecule has 1 aromatic carbocycles. The predicted octanol–water partition coefficient (Wildman–Crippen LogP) is 1.96. The summed E-state index contributed by atoms with van der Waals surface area (Å²) in [5, 5.41) is 14.4. The Kier molecular flexibility index (Phi) is 3.60.